The Kier molecular flexibility index (Phi) is 5.37. The van der Waals surface area contributed by atoms with Gasteiger partial charge in [-0.05, 0) is 18.8 Å². The summed E-state index contributed by atoms with van der Waals surface area (Å²) in [6.07, 6.45) is 7.90. The topological polar surface area (TPSA) is 20.2 Å². The Labute approximate surface area is 108 Å². The van der Waals surface area contributed by atoms with E-state index in [4.69, 9.17) is 0 Å². The second-order valence-electron chi connectivity index (χ2n) is 5.15. The second kappa shape index (κ2) is 6.55. The van der Waals surface area contributed by atoms with Gasteiger partial charge in [0.15, 0.2) is 0 Å². The Morgan fingerprint density at radius 1 is 1.00 bits per heavy atom. The number of thioether (sulfide) groups is 2. The lowest BCUT2D eigenvalue weighted by Gasteiger charge is -2.35. The molecule has 3 heteroatoms. The zero-order valence-electron chi connectivity index (χ0n) is 10.2. The molecule has 1 N–H and O–H groups in total. The number of aliphatic hydroxyl groups is 1. The first-order chi connectivity index (χ1) is 7.79. The van der Waals surface area contributed by atoms with Crippen molar-refractivity contribution >= 4 is 23.5 Å². The molecule has 2 fully saturated rings. The third-order valence-corrected chi connectivity index (χ3v) is 7.16. The molecule has 0 aromatic heterocycles. The van der Waals surface area contributed by atoms with Crippen LogP contribution in [0.15, 0.2) is 0 Å². The molecule has 0 spiro atoms. The summed E-state index contributed by atoms with van der Waals surface area (Å²) in [5.41, 5.74) is 0. The molecule has 2 rings (SSSR count). The molecule has 0 radical (unpaired) electrons. The normalized spacial score (nSPS) is 35.6. The van der Waals surface area contributed by atoms with Gasteiger partial charge in [-0.1, -0.05) is 32.6 Å². The second-order valence-corrected chi connectivity index (χ2v) is 7.92. The SMILES string of the molecule is CC1SCCSC1C(O)C1CCCCCC1. The zero-order valence-corrected chi connectivity index (χ0v) is 11.9. The summed E-state index contributed by atoms with van der Waals surface area (Å²) in [6, 6.07) is 0. The lowest BCUT2D eigenvalue weighted by molar-refractivity contribution is 0.0959. The predicted molar refractivity (Wildman–Crippen MR) is 75.4 cm³/mol. The van der Waals surface area contributed by atoms with Gasteiger partial charge in [0.25, 0.3) is 0 Å². The summed E-state index contributed by atoms with van der Waals surface area (Å²) in [4.78, 5) is 0. The van der Waals surface area contributed by atoms with Crippen LogP contribution in [0.25, 0.3) is 0 Å². The summed E-state index contributed by atoms with van der Waals surface area (Å²) >= 11 is 4.05. The van der Waals surface area contributed by atoms with Gasteiger partial charge in [0.1, 0.15) is 0 Å². The van der Waals surface area contributed by atoms with Crippen molar-refractivity contribution in [3.8, 4) is 0 Å². The molecule has 3 atom stereocenters. The third-order valence-electron chi connectivity index (χ3n) is 3.96. The summed E-state index contributed by atoms with van der Waals surface area (Å²) in [5.74, 6) is 3.07. The van der Waals surface area contributed by atoms with Gasteiger partial charge < -0.3 is 5.11 Å². The van der Waals surface area contributed by atoms with E-state index in [2.05, 4.69) is 6.92 Å². The lowest BCUT2D eigenvalue weighted by Crippen LogP contribution is -2.39. The first-order valence-electron chi connectivity index (χ1n) is 6.70. The molecule has 0 aromatic rings. The van der Waals surface area contributed by atoms with Crippen molar-refractivity contribution in [1.29, 1.82) is 0 Å². The summed E-state index contributed by atoms with van der Waals surface area (Å²) in [5, 5.41) is 11.7. The van der Waals surface area contributed by atoms with Crippen molar-refractivity contribution in [2.24, 2.45) is 5.92 Å². The van der Waals surface area contributed by atoms with Crippen LogP contribution in [0.3, 0.4) is 0 Å². The van der Waals surface area contributed by atoms with Gasteiger partial charge in [0, 0.05) is 22.0 Å². The Bertz CT molecular complexity index is 202. The van der Waals surface area contributed by atoms with Crippen LogP contribution in [0.1, 0.15) is 45.4 Å². The number of hydrogen-bond donors (Lipinski definition) is 1. The van der Waals surface area contributed by atoms with Crippen LogP contribution in [0.4, 0.5) is 0 Å². The maximum Gasteiger partial charge on any atom is 0.0697 e. The first-order valence-corrected chi connectivity index (χ1v) is 8.80. The molecule has 94 valence electrons. The minimum atomic E-state index is -0.0501. The van der Waals surface area contributed by atoms with Crippen LogP contribution in [0, 0.1) is 5.92 Å². The van der Waals surface area contributed by atoms with E-state index in [1.807, 2.05) is 23.5 Å². The number of hydrogen-bond acceptors (Lipinski definition) is 3. The average Bonchev–Trinajstić information content (AvgIpc) is 2.57. The predicted octanol–water partition coefficient (Wildman–Crippen LogP) is 3.55. The summed E-state index contributed by atoms with van der Waals surface area (Å²) in [6.45, 7) is 2.29. The molecule has 3 unspecified atom stereocenters. The van der Waals surface area contributed by atoms with E-state index in [9.17, 15) is 5.11 Å². The van der Waals surface area contributed by atoms with E-state index >= 15 is 0 Å². The van der Waals surface area contributed by atoms with Crippen LogP contribution in [-0.4, -0.2) is 33.2 Å². The van der Waals surface area contributed by atoms with Crippen molar-refractivity contribution in [1.82, 2.24) is 0 Å². The molecule has 0 bridgehead atoms. The molecule has 0 amide bonds. The van der Waals surface area contributed by atoms with E-state index in [1.165, 1.54) is 50.0 Å². The van der Waals surface area contributed by atoms with Crippen LogP contribution in [-0.2, 0) is 0 Å². The van der Waals surface area contributed by atoms with Gasteiger partial charge in [-0.2, -0.15) is 23.5 Å². The maximum absolute atomic E-state index is 10.6. The Morgan fingerprint density at radius 3 is 2.25 bits per heavy atom. The van der Waals surface area contributed by atoms with E-state index in [1.54, 1.807) is 0 Å². The summed E-state index contributed by atoms with van der Waals surface area (Å²) < 4.78 is 0. The van der Waals surface area contributed by atoms with E-state index in [0.29, 0.717) is 16.4 Å². The minimum absolute atomic E-state index is 0.0501. The molecule has 1 saturated carbocycles. The molecule has 1 heterocycles. The number of aliphatic hydroxyl groups excluding tert-OH is 1. The Balaban J connectivity index is 1.90. The lowest BCUT2D eigenvalue weighted by atomic mass is 9.91. The standard InChI is InChI=1S/C13H24OS2/c1-10-13(16-9-8-15-10)12(14)11-6-4-2-3-5-7-11/h10-14H,2-9H2,1H3. The first kappa shape index (κ1) is 13.1. The van der Waals surface area contributed by atoms with Crippen LogP contribution in [0.2, 0.25) is 0 Å². The molecular weight excluding hydrogens is 236 g/mol. The fraction of sp³-hybridized carbons (Fsp3) is 1.00. The highest BCUT2D eigenvalue weighted by Gasteiger charge is 2.34. The van der Waals surface area contributed by atoms with Gasteiger partial charge >= 0.3 is 0 Å². The van der Waals surface area contributed by atoms with Crippen LogP contribution >= 0.6 is 23.5 Å². The molecule has 16 heavy (non-hydrogen) atoms. The van der Waals surface area contributed by atoms with E-state index in [-0.39, 0.29) is 6.10 Å². The van der Waals surface area contributed by atoms with Gasteiger partial charge in [0.2, 0.25) is 0 Å². The van der Waals surface area contributed by atoms with Crippen LogP contribution in [0.5, 0.6) is 0 Å². The van der Waals surface area contributed by atoms with Crippen molar-refractivity contribution in [2.75, 3.05) is 11.5 Å². The third kappa shape index (κ3) is 3.33. The molecule has 2 aliphatic rings. The smallest absolute Gasteiger partial charge is 0.0697 e. The zero-order chi connectivity index (χ0) is 11.4. The molecule has 0 aromatic carbocycles. The Hall–Kier alpha value is 0.660. The summed E-state index contributed by atoms with van der Waals surface area (Å²) in [7, 11) is 0. The molecule has 1 aliphatic carbocycles. The fourth-order valence-corrected chi connectivity index (χ4v) is 5.87. The molecule has 1 saturated heterocycles. The fourth-order valence-electron chi connectivity index (χ4n) is 2.95. The highest BCUT2D eigenvalue weighted by Crippen LogP contribution is 2.38. The van der Waals surface area contributed by atoms with E-state index in [0.717, 1.165) is 0 Å². The average molecular weight is 260 g/mol. The van der Waals surface area contributed by atoms with Crippen LogP contribution < -0.4 is 0 Å². The van der Waals surface area contributed by atoms with Gasteiger partial charge in [0.05, 0.1) is 6.10 Å². The van der Waals surface area contributed by atoms with Gasteiger partial charge in [-0.3, -0.25) is 0 Å². The molecule has 1 aliphatic heterocycles. The highest BCUT2D eigenvalue weighted by molar-refractivity contribution is 8.07. The number of rotatable bonds is 2. The van der Waals surface area contributed by atoms with E-state index < -0.39 is 0 Å². The largest absolute Gasteiger partial charge is 0.392 e. The van der Waals surface area contributed by atoms with Gasteiger partial charge in [-0.25, -0.2) is 0 Å². The molecular formula is C13H24OS2. The quantitative estimate of drug-likeness (QED) is 0.767. The minimum Gasteiger partial charge on any atom is -0.392 e. The van der Waals surface area contributed by atoms with Crippen molar-refractivity contribution in [3.05, 3.63) is 0 Å². The highest BCUT2D eigenvalue weighted by atomic mass is 32.2. The monoisotopic (exact) mass is 260 g/mol. The van der Waals surface area contributed by atoms with Crippen molar-refractivity contribution in [2.45, 2.75) is 62.1 Å². The Morgan fingerprint density at radius 2 is 1.62 bits per heavy atom. The van der Waals surface area contributed by atoms with Crippen molar-refractivity contribution in [3.63, 3.8) is 0 Å². The van der Waals surface area contributed by atoms with Gasteiger partial charge in [-0.15, -0.1) is 0 Å². The maximum atomic E-state index is 10.6. The van der Waals surface area contributed by atoms with Crippen molar-refractivity contribution < 1.29 is 5.11 Å². The molecule has 1 nitrogen and oxygen atoms in total.